The summed E-state index contributed by atoms with van der Waals surface area (Å²) in [7, 11) is 6.39. The third-order valence-electron chi connectivity index (χ3n) is 21.4. The van der Waals surface area contributed by atoms with E-state index in [1.54, 1.807) is 149 Å². The van der Waals surface area contributed by atoms with Crippen molar-refractivity contribution in [2.45, 2.75) is 152 Å². The van der Waals surface area contributed by atoms with Crippen molar-refractivity contribution in [3.8, 4) is 11.5 Å². The fourth-order valence-electron chi connectivity index (χ4n) is 14.3. The zero-order chi connectivity index (χ0) is 92.2. The molecule has 35 nitrogen and oxygen atoms in total. The summed E-state index contributed by atoms with van der Waals surface area (Å²) in [5.74, 6) is -17.6. The van der Waals surface area contributed by atoms with Crippen molar-refractivity contribution in [1.29, 1.82) is 0 Å². The summed E-state index contributed by atoms with van der Waals surface area (Å²) in [6.45, 7) is 5.65. The van der Waals surface area contributed by atoms with Gasteiger partial charge in [0.2, 0.25) is 88.6 Å². The summed E-state index contributed by atoms with van der Waals surface area (Å²) < 4.78 is 0. The number of nitrogens with zero attached hydrogens (tertiary/aromatic N) is 5. The Kier molecular flexibility index (Phi) is 36.2. The number of rotatable bonds is 20. The monoisotopic (exact) mass is 1750 g/mol. The molecule has 0 bridgehead atoms. The minimum atomic E-state index is -1.90. The van der Waals surface area contributed by atoms with Gasteiger partial charge in [-0.25, -0.2) is 0 Å². The van der Waals surface area contributed by atoms with Crippen LogP contribution in [0.25, 0.3) is 10.9 Å². The number of benzene rings is 6. The Morgan fingerprint density at radius 2 is 0.889 bits per heavy atom. The zero-order valence-corrected chi connectivity index (χ0v) is 72.8. The molecule has 672 valence electrons. The van der Waals surface area contributed by atoms with E-state index in [9.17, 15) is 58.5 Å². The molecule has 7 aromatic rings. The highest BCUT2D eigenvalue weighted by Gasteiger charge is 2.42. The van der Waals surface area contributed by atoms with E-state index in [-0.39, 0.29) is 68.1 Å². The number of carbonyl (C=O) groups excluding carboxylic acids is 15. The Morgan fingerprint density at radius 3 is 1.42 bits per heavy atom. The number of carboxylic acid groups (broad SMARTS) is 1. The van der Waals surface area contributed by atoms with Gasteiger partial charge in [0.25, 0.3) is 0 Å². The molecule has 1 saturated heterocycles. The van der Waals surface area contributed by atoms with E-state index in [2.05, 4.69) is 52.8 Å². The number of para-hydroxylation sites is 1. The third-order valence-corrected chi connectivity index (χ3v) is 22.5. The van der Waals surface area contributed by atoms with E-state index in [1.807, 2.05) is 0 Å². The number of nitrogens with one attached hydrogen (secondary N) is 10. The number of aromatic nitrogens is 1. The standard InChI is InChI=1S/C90H112N16O19S/c1-52(2)38-65-81(116)100-71(80(115)93-47-74(91)109)50-126-51-77(112)96-70(40-55-22-14-11-15-23-55)88(123)106(10)73(43-57-26-18-13-19-27-57)89(124)104(8)54(5)86(121)102(6)48-75(110)95-68(45-78(113)114)84(119)101-79(53(3)4)90(125)105(9)72(42-56-24-16-12-17-25-56)85(120)99-69(41-59-32-36-62(108)37-33-59)87(122)103(7)49-76(111)94-67(44-60-46-92-64-29-21-20-28-63(60)64)83(118)98-66(82(117)97-65)39-58-30-34-61(107)35-31-58/h11-37,46,52-54,65-73,79,92,107-108H,38-45,47-51H2,1-10H3,(H2,91,109)(H,93,115)(H,94,111)(H,95,110)(H,96,112)(H,97,117)(H,98,118)(H,99,120)(H,100,116)(H,101,119)(H,113,114)/t54-,65-,66-,67-,68-,69-,70-,71-,72-,73-,79-/m0/s1. The van der Waals surface area contributed by atoms with Crippen LogP contribution in [0.3, 0.4) is 0 Å². The molecular weight excluding hydrogens is 1640 g/mol. The first kappa shape index (κ1) is 97.8. The van der Waals surface area contributed by atoms with Crippen LogP contribution in [-0.4, -0.2) is 272 Å². The van der Waals surface area contributed by atoms with Crippen LogP contribution in [0.1, 0.15) is 80.8 Å². The molecule has 0 saturated carbocycles. The van der Waals surface area contributed by atoms with E-state index < -0.39 is 199 Å². The summed E-state index contributed by atoms with van der Waals surface area (Å²) in [4.78, 5) is 241. The Hall–Kier alpha value is -13.7. The first-order valence-corrected chi connectivity index (χ1v) is 42.3. The van der Waals surface area contributed by atoms with E-state index in [0.29, 0.717) is 44.3 Å². The van der Waals surface area contributed by atoms with Crippen LogP contribution < -0.4 is 53.6 Å². The van der Waals surface area contributed by atoms with Crippen molar-refractivity contribution in [3.63, 3.8) is 0 Å². The van der Waals surface area contributed by atoms with Crippen molar-refractivity contribution >= 4 is 117 Å². The highest BCUT2D eigenvalue weighted by molar-refractivity contribution is 8.00. The predicted octanol–water partition coefficient (Wildman–Crippen LogP) is 1.16. The summed E-state index contributed by atoms with van der Waals surface area (Å²) in [6.07, 6.45) is -0.839. The van der Waals surface area contributed by atoms with Gasteiger partial charge < -0.3 is 98.4 Å². The van der Waals surface area contributed by atoms with Crippen molar-refractivity contribution in [3.05, 3.63) is 203 Å². The second-order valence-electron chi connectivity index (χ2n) is 32.1. The molecule has 2 heterocycles. The highest BCUT2D eigenvalue weighted by Crippen LogP contribution is 2.24. The molecule has 0 unspecified atom stereocenters. The van der Waals surface area contributed by atoms with E-state index >= 15 is 33.6 Å². The second kappa shape index (κ2) is 46.7. The smallest absolute Gasteiger partial charge is 0.305 e. The number of H-pyrrole nitrogens is 1. The highest BCUT2D eigenvalue weighted by atomic mass is 32.2. The number of carbonyl (C=O) groups is 16. The number of nitrogens with two attached hydrogens (primary N) is 1. The number of aromatic hydroxyl groups is 2. The van der Waals surface area contributed by atoms with Gasteiger partial charge in [-0.3, -0.25) is 76.7 Å². The molecule has 0 aliphatic carbocycles. The summed E-state index contributed by atoms with van der Waals surface area (Å²) in [5.41, 5.74) is 9.07. The van der Waals surface area contributed by atoms with Crippen LogP contribution in [0.4, 0.5) is 0 Å². The zero-order valence-electron chi connectivity index (χ0n) is 72.0. The number of carboxylic acids is 1. The van der Waals surface area contributed by atoms with Gasteiger partial charge in [-0.05, 0) is 88.9 Å². The molecule has 1 aromatic heterocycles. The van der Waals surface area contributed by atoms with Gasteiger partial charge in [-0.15, -0.1) is 11.8 Å². The van der Waals surface area contributed by atoms with Crippen molar-refractivity contribution in [1.82, 2.24) is 77.3 Å². The number of thioether (sulfide) groups is 1. The third kappa shape index (κ3) is 29.0. The number of fused-ring (bicyclic) bond motifs is 1. The van der Waals surface area contributed by atoms with Crippen LogP contribution in [0.15, 0.2) is 170 Å². The van der Waals surface area contributed by atoms with Gasteiger partial charge in [0, 0.05) is 96.6 Å². The molecule has 6 aromatic carbocycles. The maximum atomic E-state index is 15.4. The van der Waals surface area contributed by atoms with Gasteiger partial charge in [-0.1, -0.05) is 161 Å². The van der Waals surface area contributed by atoms with Crippen LogP contribution >= 0.6 is 11.8 Å². The van der Waals surface area contributed by atoms with Gasteiger partial charge in [0.1, 0.15) is 78.0 Å². The lowest BCUT2D eigenvalue weighted by molar-refractivity contribution is -0.150. The quantitative estimate of drug-likeness (QED) is 0.0509. The van der Waals surface area contributed by atoms with Crippen LogP contribution in [0.5, 0.6) is 11.5 Å². The topological polar surface area (TPSA) is 500 Å². The Morgan fingerprint density at radius 1 is 0.452 bits per heavy atom. The van der Waals surface area contributed by atoms with Gasteiger partial charge in [0.15, 0.2) is 0 Å². The average Bonchev–Trinajstić information content (AvgIpc) is 1.66. The number of amides is 15. The number of primary amides is 1. The molecule has 1 aliphatic heterocycles. The van der Waals surface area contributed by atoms with Crippen LogP contribution in [0.2, 0.25) is 0 Å². The fourth-order valence-corrected chi connectivity index (χ4v) is 15.2. The second-order valence-corrected chi connectivity index (χ2v) is 33.1. The molecular formula is C90H112N16O19S. The molecule has 15 amide bonds. The normalized spacial score (nSPS) is 22.1. The first-order chi connectivity index (χ1) is 59.8. The molecule has 0 radical (unpaired) electrons. The van der Waals surface area contributed by atoms with Crippen LogP contribution in [-0.2, 0) is 115 Å². The number of phenols is 2. The minimum Gasteiger partial charge on any atom is -0.508 e. The molecule has 8 rings (SSSR count). The molecule has 15 N–H and O–H groups in total. The Labute approximate surface area is 734 Å². The lowest BCUT2D eigenvalue weighted by atomic mass is 9.98. The van der Waals surface area contributed by atoms with Gasteiger partial charge in [-0.2, -0.15) is 0 Å². The number of hydrogen-bond donors (Lipinski definition) is 14. The molecule has 126 heavy (non-hydrogen) atoms. The lowest BCUT2D eigenvalue weighted by Crippen LogP contribution is -2.61. The Balaban J connectivity index is 1.20. The molecule has 0 spiro atoms. The minimum absolute atomic E-state index is 0.0920. The fraction of sp³-hybridized carbons (Fsp3) is 0.400. The maximum Gasteiger partial charge on any atom is 0.305 e. The lowest BCUT2D eigenvalue weighted by Gasteiger charge is -2.36. The maximum absolute atomic E-state index is 15.4. The van der Waals surface area contributed by atoms with E-state index in [1.165, 1.54) is 90.7 Å². The summed E-state index contributed by atoms with van der Waals surface area (Å²) in [5, 5.41) is 55.3. The van der Waals surface area contributed by atoms with Gasteiger partial charge >= 0.3 is 5.97 Å². The van der Waals surface area contributed by atoms with E-state index in [4.69, 9.17) is 5.73 Å². The molecule has 1 fully saturated rings. The Bertz CT molecular complexity index is 5010. The number of likely N-dealkylation sites (N-methyl/N-ethyl adjacent to an activating group) is 5. The predicted molar refractivity (Wildman–Crippen MR) is 468 cm³/mol. The first-order valence-electron chi connectivity index (χ1n) is 41.1. The largest absolute Gasteiger partial charge is 0.508 e. The van der Waals surface area contributed by atoms with Crippen LogP contribution in [0, 0.1) is 11.8 Å². The number of phenolic OH excluding ortho intramolecular Hbond substituents is 2. The number of hydrogen-bond acceptors (Lipinski definition) is 19. The summed E-state index contributed by atoms with van der Waals surface area (Å²) >= 11 is 0.823. The molecule has 11 atom stereocenters. The van der Waals surface area contributed by atoms with Crippen molar-refractivity contribution < 1.29 is 92.0 Å². The summed E-state index contributed by atoms with van der Waals surface area (Å²) in [6, 6.07) is 27.0. The number of aromatic amines is 1. The van der Waals surface area contributed by atoms with E-state index in [0.717, 1.165) is 36.3 Å². The number of aliphatic carboxylic acids is 1. The van der Waals surface area contributed by atoms with Crippen molar-refractivity contribution in [2.24, 2.45) is 17.6 Å². The molecule has 36 heteroatoms. The molecule has 1 aliphatic rings. The van der Waals surface area contributed by atoms with Gasteiger partial charge in [0.05, 0.1) is 31.8 Å². The SMILES string of the molecule is CC(C)C[C@@H]1NC(=O)[C@H](Cc2ccc(O)cc2)NC(=O)[C@H](Cc2c[nH]c3ccccc23)NC(=O)CN(C)C(=O)[C@H](Cc2ccc(O)cc2)NC(=O)[C@H](Cc2ccccc2)N(C)C(=O)[C@H](C(C)C)NC(=O)[C@H](CC(=O)O)NC(=O)CN(C)C(=O)[C@H](C)N(C)C(=O)[C@H](Cc2ccccc2)N(C)C(=O)[C@H](Cc2ccccc2)NC(=O)CSC[C@@H](C(=O)NCC(N)=O)NC1=O. The average molecular weight is 1750 g/mol. The van der Waals surface area contributed by atoms with Crippen molar-refractivity contribution in [2.75, 3.05) is 66.4 Å².